The van der Waals surface area contributed by atoms with E-state index in [4.69, 9.17) is 4.55 Å². The smallest absolute Gasteiger partial charge is 0.261 e. The molecule has 0 saturated carbocycles. The van der Waals surface area contributed by atoms with Gasteiger partial charge in [-0.3, -0.25) is 4.55 Å². The Labute approximate surface area is 159 Å². The minimum atomic E-state index is -3.67. The van der Waals surface area contributed by atoms with Gasteiger partial charge in [-0.2, -0.15) is 24.0 Å². The van der Waals surface area contributed by atoms with Crippen molar-refractivity contribution in [1.82, 2.24) is 14.8 Å². The Kier molecular flexibility index (Phi) is 6.85. The van der Waals surface area contributed by atoms with E-state index in [9.17, 15) is 18.9 Å². The lowest BCUT2D eigenvalue weighted by molar-refractivity contribution is 0.490. The molecule has 1 aromatic carbocycles. The van der Waals surface area contributed by atoms with Crippen LogP contribution in [0.1, 0.15) is 44.4 Å². The summed E-state index contributed by atoms with van der Waals surface area (Å²) in [5.74, 6) is 0. The fourth-order valence-corrected chi connectivity index (χ4v) is 2.14. The van der Waals surface area contributed by atoms with Gasteiger partial charge in [0.05, 0.1) is 35.8 Å². The van der Waals surface area contributed by atoms with E-state index < -0.39 is 20.9 Å². The first-order chi connectivity index (χ1) is 12.3. The summed E-state index contributed by atoms with van der Waals surface area (Å²) in [6.07, 6.45) is 3.85. The number of hydrogen-bond donors (Lipinski definition) is 1. The maximum atomic E-state index is 9.40. The molecule has 0 saturated heterocycles. The van der Waals surface area contributed by atoms with E-state index in [1.54, 1.807) is 11.0 Å². The number of aromatic nitrogens is 3. The van der Waals surface area contributed by atoms with Crippen LogP contribution in [-0.2, 0) is 27.5 Å². The number of rotatable bonds is 4. The number of nitrogens with zero attached hydrogens (tertiary/aromatic N) is 5. The first kappa shape index (κ1) is 22.3. The van der Waals surface area contributed by atoms with Crippen molar-refractivity contribution in [3.8, 4) is 12.1 Å². The summed E-state index contributed by atoms with van der Waals surface area (Å²) in [5, 5.41) is 22.9. The van der Waals surface area contributed by atoms with Crippen molar-refractivity contribution in [1.29, 1.82) is 10.5 Å². The molecule has 2 rings (SSSR count). The average molecular weight is 389 g/mol. The zero-order valence-electron chi connectivity index (χ0n) is 16.0. The Bertz CT molecular complexity index is 913. The van der Waals surface area contributed by atoms with Crippen molar-refractivity contribution in [2.24, 2.45) is 0 Å². The molecule has 0 spiro atoms. The van der Waals surface area contributed by atoms with Gasteiger partial charge in [0, 0.05) is 0 Å². The summed E-state index contributed by atoms with van der Waals surface area (Å²) >= 11 is 0. The Morgan fingerprint density at radius 2 is 1.52 bits per heavy atom. The first-order valence-electron chi connectivity index (χ1n) is 8.01. The maximum Gasteiger partial charge on any atom is 0.261 e. The lowest BCUT2D eigenvalue weighted by atomic mass is 9.79. The monoisotopic (exact) mass is 389 g/mol. The molecule has 2 aromatic rings. The van der Waals surface area contributed by atoms with E-state index in [0.717, 1.165) is 16.7 Å². The highest BCUT2D eigenvalue weighted by Crippen LogP contribution is 2.30. The maximum absolute atomic E-state index is 9.40. The van der Waals surface area contributed by atoms with Crippen LogP contribution in [0.15, 0.2) is 30.9 Å². The summed E-state index contributed by atoms with van der Waals surface area (Å²) in [4.78, 5) is 3.94. The lowest BCUT2D eigenvalue weighted by Gasteiger charge is -2.23. The van der Waals surface area contributed by atoms with E-state index in [0.29, 0.717) is 12.8 Å². The first-order valence-corrected chi connectivity index (χ1v) is 9.85. The van der Waals surface area contributed by atoms with Crippen LogP contribution in [0.3, 0.4) is 0 Å². The van der Waals surface area contributed by atoms with Gasteiger partial charge in [0.1, 0.15) is 12.7 Å². The predicted molar refractivity (Wildman–Crippen MR) is 100 cm³/mol. The molecule has 8 nitrogen and oxygen atoms in total. The van der Waals surface area contributed by atoms with Crippen molar-refractivity contribution >= 4 is 10.1 Å². The SMILES string of the molecule is CC(C)(C#N)c1cc(Cn2cncn2)cc(C(C)(C)C#N)c1.CS(=O)(=O)O. The minimum Gasteiger partial charge on any atom is -0.286 e. The van der Waals surface area contributed by atoms with Gasteiger partial charge in [-0.05, 0) is 44.4 Å². The van der Waals surface area contributed by atoms with Gasteiger partial charge < -0.3 is 0 Å². The zero-order chi connectivity index (χ0) is 20.9. The van der Waals surface area contributed by atoms with E-state index in [-0.39, 0.29) is 0 Å². The van der Waals surface area contributed by atoms with Gasteiger partial charge in [0.15, 0.2) is 0 Å². The van der Waals surface area contributed by atoms with Gasteiger partial charge in [-0.1, -0.05) is 18.2 Å². The van der Waals surface area contributed by atoms with E-state index in [1.165, 1.54) is 6.33 Å². The standard InChI is InChI=1S/C17H19N5.CH4O3S/c1-16(2,9-18)14-5-13(8-22-12-20-11-21-22)6-15(7-14)17(3,4)10-19;1-5(2,3)4/h5-7,11-12H,8H2,1-4H3;1H3,(H,2,3,4). The largest absolute Gasteiger partial charge is 0.286 e. The van der Waals surface area contributed by atoms with Crippen molar-refractivity contribution in [3.63, 3.8) is 0 Å². The van der Waals surface area contributed by atoms with Crippen molar-refractivity contribution < 1.29 is 13.0 Å². The van der Waals surface area contributed by atoms with Gasteiger partial charge in [0.2, 0.25) is 0 Å². The van der Waals surface area contributed by atoms with Crippen LogP contribution >= 0.6 is 0 Å². The molecule has 0 unspecified atom stereocenters. The molecule has 27 heavy (non-hydrogen) atoms. The third-order valence-corrected chi connectivity index (χ3v) is 3.81. The molecular formula is C18H23N5O3S. The normalized spacial score (nSPS) is 11.7. The second kappa shape index (κ2) is 8.30. The molecule has 0 radical (unpaired) electrons. The fraction of sp³-hybridized carbons (Fsp3) is 0.444. The quantitative estimate of drug-likeness (QED) is 0.794. The van der Waals surface area contributed by atoms with Crippen LogP contribution < -0.4 is 0 Å². The Morgan fingerprint density at radius 3 is 1.85 bits per heavy atom. The Hall–Kier alpha value is -2.75. The number of benzene rings is 1. The van der Waals surface area contributed by atoms with Crippen LogP contribution in [0.2, 0.25) is 0 Å². The highest BCUT2D eigenvalue weighted by molar-refractivity contribution is 7.85. The molecule has 1 N–H and O–H groups in total. The zero-order valence-corrected chi connectivity index (χ0v) is 16.8. The summed E-state index contributed by atoms with van der Waals surface area (Å²) in [7, 11) is -3.67. The Balaban J connectivity index is 0.000000646. The van der Waals surface area contributed by atoms with Gasteiger partial charge in [-0.25, -0.2) is 9.67 Å². The molecule has 0 bridgehead atoms. The Morgan fingerprint density at radius 1 is 1.07 bits per heavy atom. The third-order valence-electron chi connectivity index (χ3n) is 3.81. The summed E-state index contributed by atoms with van der Waals surface area (Å²) < 4.78 is 27.6. The van der Waals surface area contributed by atoms with Crippen LogP contribution in [0.5, 0.6) is 0 Å². The van der Waals surface area contributed by atoms with Crippen molar-refractivity contribution in [2.45, 2.75) is 45.1 Å². The molecule has 0 aliphatic rings. The molecule has 0 atom stereocenters. The van der Waals surface area contributed by atoms with Crippen LogP contribution in [-0.4, -0.2) is 34.0 Å². The van der Waals surface area contributed by atoms with E-state index >= 15 is 0 Å². The summed E-state index contributed by atoms with van der Waals surface area (Å²) in [6, 6.07) is 10.6. The minimum absolute atomic E-state index is 0.559. The molecule has 144 valence electrons. The molecule has 1 heterocycles. The van der Waals surface area contributed by atoms with Gasteiger partial charge >= 0.3 is 0 Å². The number of hydrogen-bond acceptors (Lipinski definition) is 6. The molecule has 0 aliphatic carbocycles. The molecule has 1 aromatic heterocycles. The predicted octanol–water partition coefficient (Wildman–Crippen LogP) is 2.43. The second-order valence-electron chi connectivity index (χ2n) is 7.22. The third kappa shape index (κ3) is 7.18. The highest BCUT2D eigenvalue weighted by atomic mass is 32.2. The molecule has 9 heteroatoms. The molecule has 0 amide bonds. The van der Waals surface area contributed by atoms with Crippen molar-refractivity contribution in [3.05, 3.63) is 47.5 Å². The fourth-order valence-electron chi connectivity index (χ4n) is 2.14. The van der Waals surface area contributed by atoms with E-state index in [1.807, 2.05) is 45.9 Å². The number of nitriles is 2. The van der Waals surface area contributed by atoms with Crippen LogP contribution in [0.25, 0.3) is 0 Å². The topological polar surface area (TPSA) is 133 Å². The summed E-state index contributed by atoms with van der Waals surface area (Å²) in [6.45, 7) is 8.08. The average Bonchev–Trinajstić information content (AvgIpc) is 3.06. The molecule has 0 aliphatic heterocycles. The van der Waals surface area contributed by atoms with Crippen LogP contribution in [0.4, 0.5) is 0 Å². The van der Waals surface area contributed by atoms with Gasteiger partial charge in [0.25, 0.3) is 10.1 Å². The lowest BCUT2D eigenvalue weighted by Crippen LogP contribution is -2.20. The van der Waals surface area contributed by atoms with E-state index in [2.05, 4.69) is 22.2 Å². The second-order valence-corrected chi connectivity index (χ2v) is 8.68. The van der Waals surface area contributed by atoms with Crippen molar-refractivity contribution in [2.75, 3.05) is 6.26 Å². The summed E-state index contributed by atoms with van der Waals surface area (Å²) in [5.41, 5.74) is 1.60. The van der Waals surface area contributed by atoms with Gasteiger partial charge in [-0.15, -0.1) is 0 Å². The molecular weight excluding hydrogens is 366 g/mol. The molecule has 0 fully saturated rings. The van der Waals surface area contributed by atoms with Crippen LogP contribution in [0, 0.1) is 22.7 Å². The highest BCUT2D eigenvalue weighted by Gasteiger charge is 2.26.